The molecule has 5 aromatic rings. The van der Waals surface area contributed by atoms with Crippen molar-refractivity contribution in [3.05, 3.63) is 127 Å². The van der Waals surface area contributed by atoms with Gasteiger partial charge in [0.25, 0.3) is 0 Å². The number of methoxy groups -OCH3 is 1. The van der Waals surface area contributed by atoms with Crippen molar-refractivity contribution in [2.24, 2.45) is 28.8 Å². The number of unbranched alkanes of at least 4 members (excludes halogenated alkanes) is 13. The lowest BCUT2D eigenvalue weighted by atomic mass is 9.82. The summed E-state index contributed by atoms with van der Waals surface area (Å²) in [5.74, 6) is 0.320. The topological polar surface area (TPSA) is 205 Å². The number of carbonyl (C=O) groups is 6. The Bertz CT molecular complexity index is 3000. The van der Waals surface area contributed by atoms with Crippen LogP contribution in [0.2, 0.25) is 0 Å². The van der Waals surface area contributed by atoms with Crippen LogP contribution in [-0.2, 0) is 43.0 Å². The number of hydrogen-bond acceptors (Lipinski definition) is 18. The fraction of sp³-hybridized carbons (Fsp3) is 0.500. The largest absolute Gasteiger partial charge is 0.494 e. The van der Waals surface area contributed by atoms with Crippen molar-refractivity contribution in [2.75, 3.05) is 45.1 Å². The van der Waals surface area contributed by atoms with Gasteiger partial charge in [0.2, 0.25) is 5.13 Å². The first kappa shape index (κ1) is 71.2. The second-order valence-corrected chi connectivity index (χ2v) is 24.0. The molecule has 4 aromatic carbocycles. The Balaban J connectivity index is 0.000000332. The van der Waals surface area contributed by atoms with E-state index in [-0.39, 0.29) is 59.5 Å². The summed E-state index contributed by atoms with van der Waals surface area (Å²) in [6.45, 7) is 13.8. The van der Waals surface area contributed by atoms with E-state index >= 15 is 0 Å². The smallest absolute Gasteiger partial charge is 0.330 e. The summed E-state index contributed by atoms with van der Waals surface area (Å²) in [5.41, 5.74) is 2.72. The molecule has 17 nitrogen and oxygen atoms in total. The zero-order valence-electron chi connectivity index (χ0n) is 53.1. The lowest BCUT2D eigenvalue weighted by Crippen LogP contribution is -2.30. The van der Waals surface area contributed by atoms with E-state index in [4.69, 9.17) is 48.0 Å². The summed E-state index contributed by atoms with van der Waals surface area (Å²) < 4.78 is 44.7. The van der Waals surface area contributed by atoms with Crippen molar-refractivity contribution in [3.63, 3.8) is 0 Å². The number of aryl methyl sites for hydroxylation is 1. The number of nitrogens with zero attached hydrogens (tertiary/aromatic N) is 3. The van der Waals surface area contributed by atoms with Gasteiger partial charge in [0.1, 0.15) is 28.7 Å². The van der Waals surface area contributed by atoms with Crippen LogP contribution in [0.4, 0.5) is 5.13 Å². The number of ether oxygens (including phenoxy) is 8. The molecule has 2 aliphatic rings. The van der Waals surface area contributed by atoms with Gasteiger partial charge < -0.3 is 37.9 Å². The van der Waals surface area contributed by atoms with Gasteiger partial charge in [0, 0.05) is 24.3 Å². The van der Waals surface area contributed by atoms with Gasteiger partial charge in [-0.25, -0.2) is 19.6 Å². The molecule has 0 aliphatic heterocycles. The summed E-state index contributed by atoms with van der Waals surface area (Å²) in [6.07, 6.45) is 25.7. The predicted octanol–water partition coefficient (Wildman–Crippen LogP) is 15.8. The third-order valence-corrected chi connectivity index (χ3v) is 17.0. The molecule has 0 atom stereocenters. The van der Waals surface area contributed by atoms with Crippen LogP contribution in [0.5, 0.6) is 28.7 Å². The highest BCUT2D eigenvalue weighted by molar-refractivity contribution is 7.22. The number of para-hydroxylation sites is 1. The van der Waals surface area contributed by atoms with E-state index in [1.54, 1.807) is 53.9 Å². The molecule has 2 fully saturated rings. The number of anilines is 1. The van der Waals surface area contributed by atoms with Crippen LogP contribution in [0.1, 0.15) is 172 Å². The zero-order chi connectivity index (χ0) is 64.1. The first-order valence-electron chi connectivity index (χ1n) is 32.4. The SMILES string of the molecule is C=CC(=O)OCCCCCCCCOc1ccc(OC(=O)C2CCC(C(=O)OC)CC2)cc1.C=CC(=O)OCCCCCCCCOc1ccc(OC(=O)C2CCC(C(=O)Oc3ccc(C)cc3/C=N/N(CCCCCC)c3nc4ccccc4s3)CC2)cc1. The van der Waals surface area contributed by atoms with Gasteiger partial charge in [0.15, 0.2) is 0 Å². The number of fused-ring (bicyclic) bond motifs is 1. The molecular weight excluding hydrogens is 1160 g/mol. The number of esters is 6. The highest BCUT2D eigenvalue weighted by Gasteiger charge is 2.33. The lowest BCUT2D eigenvalue weighted by molar-refractivity contribution is -0.149. The minimum absolute atomic E-state index is 0.107. The Kier molecular flexibility index (Phi) is 32.2. The zero-order valence-corrected chi connectivity index (χ0v) is 53.9. The summed E-state index contributed by atoms with van der Waals surface area (Å²) in [5, 5.41) is 7.68. The van der Waals surface area contributed by atoms with Crippen LogP contribution in [0.3, 0.4) is 0 Å². The molecule has 0 spiro atoms. The van der Waals surface area contributed by atoms with E-state index in [9.17, 15) is 28.8 Å². The van der Waals surface area contributed by atoms with Gasteiger partial charge in [-0.05, 0) is 163 Å². The number of carbonyl (C=O) groups excluding carboxylic acids is 6. The molecule has 0 amide bonds. The number of aromatic nitrogens is 1. The van der Waals surface area contributed by atoms with Crippen molar-refractivity contribution < 1.29 is 66.7 Å². The van der Waals surface area contributed by atoms with Crippen LogP contribution in [0.15, 0.2) is 121 Å². The van der Waals surface area contributed by atoms with E-state index in [1.807, 2.05) is 60.5 Å². The quantitative estimate of drug-likeness (QED) is 0.00689. The predicted molar refractivity (Wildman–Crippen MR) is 351 cm³/mol. The fourth-order valence-electron chi connectivity index (χ4n) is 10.6. The summed E-state index contributed by atoms with van der Waals surface area (Å²) in [6, 6.07) is 28.1. The number of hydrazone groups is 1. The molecule has 1 heterocycles. The Morgan fingerprint density at radius 3 is 1.43 bits per heavy atom. The minimum atomic E-state index is -0.370. The number of benzene rings is 4. The Hall–Kier alpha value is -7.86. The second-order valence-electron chi connectivity index (χ2n) is 22.9. The van der Waals surface area contributed by atoms with Crippen molar-refractivity contribution in [2.45, 2.75) is 168 Å². The molecular formula is C72H93N3O14S. The van der Waals surface area contributed by atoms with Crippen molar-refractivity contribution in [1.29, 1.82) is 0 Å². The van der Waals surface area contributed by atoms with Crippen molar-refractivity contribution in [3.8, 4) is 28.7 Å². The van der Waals surface area contributed by atoms with E-state index in [2.05, 4.69) is 26.1 Å². The van der Waals surface area contributed by atoms with Crippen molar-refractivity contribution in [1.82, 2.24) is 4.98 Å². The number of hydrogen-bond donors (Lipinski definition) is 0. The van der Waals surface area contributed by atoms with Crippen molar-refractivity contribution >= 4 is 68.7 Å². The van der Waals surface area contributed by atoms with Gasteiger partial charge in [-0.2, -0.15) is 5.10 Å². The third-order valence-electron chi connectivity index (χ3n) is 15.9. The van der Waals surface area contributed by atoms with Gasteiger partial charge in [-0.3, -0.25) is 19.2 Å². The van der Waals surface area contributed by atoms with Gasteiger partial charge in [0.05, 0.1) is 73.6 Å². The Morgan fingerprint density at radius 1 is 0.533 bits per heavy atom. The molecule has 90 heavy (non-hydrogen) atoms. The summed E-state index contributed by atoms with van der Waals surface area (Å²) in [7, 11) is 1.40. The minimum Gasteiger partial charge on any atom is -0.494 e. The third kappa shape index (κ3) is 25.9. The normalized spacial score (nSPS) is 16.2. The van der Waals surface area contributed by atoms with Crippen LogP contribution < -0.4 is 28.7 Å². The first-order valence-corrected chi connectivity index (χ1v) is 33.2. The molecule has 486 valence electrons. The Morgan fingerprint density at radius 2 is 0.967 bits per heavy atom. The molecule has 0 N–H and O–H groups in total. The van der Waals surface area contributed by atoms with E-state index < -0.39 is 0 Å². The molecule has 18 heteroatoms. The van der Waals surface area contributed by atoms with Gasteiger partial charge >= 0.3 is 35.8 Å². The van der Waals surface area contributed by atoms with E-state index in [0.29, 0.717) is 95.0 Å². The highest BCUT2D eigenvalue weighted by Crippen LogP contribution is 2.35. The Labute approximate surface area is 535 Å². The lowest BCUT2D eigenvalue weighted by Gasteiger charge is -2.26. The molecule has 0 radical (unpaired) electrons. The maximum absolute atomic E-state index is 13.4. The van der Waals surface area contributed by atoms with E-state index in [1.165, 1.54) is 25.7 Å². The summed E-state index contributed by atoms with van der Waals surface area (Å²) in [4.78, 5) is 77.3. The molecule has 1 aromatic heterocycles. The van der Waals surface area contributed by atoms with Gasteiger partial charge in [-0.1, -0.05) is 126 Å². The average Bonchev–Trinajstić information content (AvgIpc) is 2.08. The molecule has 7 rings (SSSR count). The van der Waals surface area contributed by atoms with Crippen LogP contribution >= 0.6 is 11.3 Å². The second kappa shape index (κ2) is 40.7. The number of thiazole rings is 1. The fourth-order valence-corrected chi connectivity index (χ4v) is 11.6. The highest BCUT2D eigenvalue weighted by atomic mass is 32.1. The molecule has 0 bridgehead atoms. The van der Waals surface area contributed by atoms with Gasteiger partial charge in [-0.15, -0.1) is 0 Å². The molecule has 0 saturated heterocycles. The van der Waals surface area contributed by atoms with Crippen LogP contribution in [0.25, 0.3) is 10.2 Å². The summed E-state index contributed by atoms with van der Waals surface area (Å²) >= 11 is 1.62. The molecule has 2 aliphatic carbocycles. The standard InChI is InChI=1S/C46H57N3O7S.C26H36O7/c1-4-6-7-14-29-49(46-48-40-17-12-13-18-42(40)57-46)47-33-37-32-34(3)19-28-41(37)56-45(52)36-22-20-35(21-23-36)44(51)55-39-26-24-38(25-27-39)53-30-15-10-8-9-11-16-31-54-43(50)5-2;1-3-24(27)32-19-9-7-5-4-6-8-18-31-22-14-16-23(17-15-22)33-26(29)21-12-10-20(11-13-21)25(28)30-2/h5,12-13,17-19,24-28,32-33,35-36H,2,4,6-11,14-16,20-23,29-31H2,1,3H3;3,14-17,20-21H,1,4-13,18-19H2,2H3/b47-33+;. The first-order chi connectivity index (χ1) is 43.8. The molecule has 0 unspecified atom stereocenters. The monoisotopic (exact) mass is 1260 g/mol. The van der Waals surface area contributed by atoms with E-state index in [0.717, 1.165) is 141 Å². The maximum Gasteiger partial charge on any atom is 0.330 e. The van der Waals surface area contributed by atoms with Crippen LogP contribution in [0, 0.1) is 30.6 Å². The molecule has 2 saturated carbocycles. The maximum atomic E-state index is 13.4. The van der Waals surface area contributed by atoms with Crippen LogP contribution in [-0.4, -0.2) is 87.1 Å². The average molecular weight is 1260 g/mol. The number of rotatable bonds is 37.